The van der Waals surface area contributed by atoms with Gasteiger partial charge in [-0.25, -0.2) is 0 Å². The molecule has 138 valence electrons. The zero-order valence-corrected chi connectivity index (χ0v) is 16.0. The second-order valence-electron chi connectivity index (χ2n) is 8.07. The molecule has 1 aliphatic rings. The van der Waals surface area contributed by atoms with Crippen LogP contribution in [0.15, 0.2) is 48.5 Å². The third-order valence-electron chi connectivity index (χ3n) is 5.58. The van der Waals surface area contributed by atoms with Crippen molar-refractivity contribution >= 4 is 5.91 Å². The molecule has 0 spiro atoms. The van der Waals surface area contributed by atoms with Crippen molar-refractivity contribution in [2.24, 2.45) is 0 Å². The van der Waals surface area contributed by atoms with E-state index in [1.54, 1.807) is 0 Å². The minimum absolute atomic E-state index is 0.0893. The van der Waals surface area contributed by atoms with Gasteiger partial charge in [0.2, 0.25) is 0 Å². The first-order valence-electron chi connectivity index (χ1n) is 9.48. The molecule has 2 aromatic carbocycles. The van der Waals surface area contributed by atoms with Crippen LogP contribution in [0.4, 0.5) is 0 Å². The van der Waals surface area contributed by atoms with E-state index >= 15 is 0 Å². The second kappa shape index (κ2) is 7.63. The molecule has 1 unspecified atom stereocenters. The van der Waals surface area contributed by atoms with Gasteiger partial charge in [-0.1, -0.05) is 50.2 Å². The number of carbonyl (C=O) groups excluding carboxylic acids is 1. The van der Waals surface area contributed by atoms with Crippen molar-refractivity contribution in [2.75, 3.05) is 19.7 Å². The number of aliphatic hydroxyl groups excluding tert-OH is 1. The summed E-state index contributed by atoms with van der Waals surface area (Å²) in [4.78, 5) is 15.0. The molecule has 0 aromatic heterocycles. The van der Waals surface area contributed by atoms with Gasteiger partial charge in [-0.05, 0) is 48.6 Å². The van der Waals surface area contributed by atoms with Gasteiger partial charge in [0.25, 0.3) is 5.91 Å². The number of benzene rings is 2. The maximum absolute atomic E-state index is 13.0. The average molecular weight is 351 g/mol. The first kappa shape index (κ1) is 18.7. The van der Waals surface area contributed by atoms with Gasteiger partial charge in [0.1, 0.15) is 0 Å². The highest BCUT2D eigenvalue weighted by molar-refractivity contribution is 5.94. The number of likely N-dealkylation sites (tertiary alicyclic amines) is 1. The molecule has 1 amide bonds. The van der Waals surface area contributed by atoms with Crippen LogP contribution in [0, 0.1) is 6.92 Å². The third-order valence-corrected chi connectivity index (χ3v) is 5.58. The monoisotopic (exact) mass is 351 g/mol. The Hall–Kier alpha value is -2.13. The molecule has 26 heavy (non-hydrogen) atoms. The fourth-order valence-corrected chi connectivity index (χ4v) is 3.98. The lowest BCUT2D eigenvalue weighted by Crippen LogP contribution is -2.39. The molecule has 3 heteroatoms. The zero-order valence-electron chi connectivity index (χ0n) is 16.0. The summed E-state index contributed by atoms with van der Waals surface area (Å²) >= 11 is 0. The Morgan fingerprint density at radius 1 is 1.19 bits per heavy atom. The first-order chi connectivity index (χ1) is 12.4. The van der Waals surface area contributed by atoms with E-state index in [1.807, 2.05) is 49.9 Å². The highest BCUT2D eigenvalue weighted by atomic mass is 16.3. The van der Waals surface area contributed by atoms with E-state index in [-0.39, 0.29) is 17.9 Å². The largest absolute Gasteiger partial charge is 0.395 e. The summed E-state index contributed by atoms with van der Waals surface area (Å²) in [5.41, 5.74) is 3.92. The normalized spacial score (nSPS) is 18.0. The van der Waals surface area contributed by atoms with Crippen molar-refractivity contribution in [1.82, 2.24) is 4.90 Å². The Balaban J connectivity index is 1.78. The summed E-state index contributed by atoms with van der Waals surface area (Å²) in [5, 5.41) is 9.62. The lowest BCUT2D eigenvalue weighted by molar-refractivity contribution is 0.0707. The van der Waals surface area contributed by atoms with Crippen molar-refractivity contribution in [3.05, 3.63) is 70.8 Å². The van der Waals surface area contributed by atoms with E-state index in [0.29, 0.717) is 5.92 Å². The van der Waals surface area contributed by atoms with Crippen LogP contribution in [-0.4, -0.2) is 35.6 Å². The van der Waals surface area contributed by atoms with Gasteiger partial charge in [-0.2, -0.15) is 0 Å². The van der Waals surface area contributed by atoms with E-state index in [0.717, 1.165) is 42.6 Å². The van der Waals surface area contributed by atoms with Crippen LogP contribution >= 0.6 is 0 Å². The van der Waals surface area contributed by atoms with Crippen LogP contribution in [0.3, 0.4) is 0 Å². The number of carbonyl (C=O) groups is 1. The Morgan fingerprint density at radius 3 is 2.58 bits per heavy atom. The van der Waals surface area contributed by atoms with E-state index in [1.165, 1.54) is 5.56 Å². The van der Waals surface area contributed by atoms with E-state index in [4.69, 9.17) is 0 Å². The lowest BCUT2D eigenvalue weighted by atomic mass is 9.82. The van der Waals surface area contributed by atoms with Gasteiger partial charge in [0.15, 0.2) is 0 Å². The molecule has 1 heterocycles. The van der Waals surface area contributed by atoms with Gasteiger partial charge in [-0.15, -0.1) is 0 Å². The Labute approximate surface area is 156 Å². The number of piperidine rings is 1. The Morgan fingerprint density at radius 2 is 1.92 bits per heavy atom. The summed E-state index contributed by atoms with van der Waals surface area (Å²) in [5.74, 6) is 0.532. The lowest BCUT2D eigenvalue weighted by Gasteiger charge is -2.33. The minimum Gasteiger partial charge on any atom is -0.395 e. The summed E-state index contributed by atoms with van der Waals surface area (Å²) in [6.45, 7) is 7.76. The van der Waals surface area contributed by atoms with Gasteiger partial charge in [-0.3, -0.25) is 4.79 Å². The van der Waals surface area contributed by atoms with Crippen LogP contribution in [0.25, 0.3) is 0 Å². The predicted molar refractivity (Wildman–Crippen MR) is 106 cm³/mol. The molecule has 0 radical (unpaired) electrons. The number of aryl methyl sites for hydroxylation is 1. The SMILES string of the molecule is Cc1cc(C(=O)N2CCCC(c3ccccc3)C2)ccc1C(C)(C)CO. The number of amides is 1. The van der Waals surface area contributed by atoms with E-state index in [9.17, 15) is 9.90 Å². The summed E-state index contributed by atoms with van der Waals surface area (Å²) < 4.78 is 0. The fraction of sp³-hybridized carbons (Fsp3) is 0.435. The molecule has 1 N–H and O–H groups in total. The molecule has 0 bridgehead atoms. The zero-order chi connectivity index (χ0) is 18.7. The van der Waals surface area contributed by atoms with E-state index in [2.05, 4.69) is 24.3 Å². The van der Waals surface area contributed by atoms with Gasteiger partial charge < -0.3 is 10.0 Å². The molecule has 1 atom stereocenters. The Kier molecular flexibility index (Phi) is 5.47. The standard InChI is InChI=1S/C23H29NO2/c1-17-14-19(11-12-21(17)23(2,3)16-25)22(26)24-13-7-10-20(15-24)18-8-5-4-6-9-18/h4-6,8-9,11-12,14,20,25H,7,10,13,15-16H2,1-3H3. The molecule has 1 saturated heterocycles. The number of hydrogen-bond donors (Lipinski definition) is 1. The van der Waals surface area contributed by atoms with Crippen molar-refractivity contribution in [2.45, 2.75) is 44.9 Å². The summed E-state index contributed by atoms with van der Waals surface area (Å²) in [7, 11) is 0. The van der Waals surface area contributed by atoms with Crippen LogP contribution in [0.1, 0.15) is 59.7 Å². The summed E-state index contributed by atoms with van der Waals surface area (Å²) in [6, 6.07) is 16.4. The maximum atomic E-state index is 13.0. The third kappa shape index (κ3) is 3.83. The molecular formula is C23H29NO2. The number of aliphatic hydroxyl groups is 1. The van der Waals surface area contributed by atoms with Crippen molar-refractivity contribution in [3.8, 4) is 0 Å². The van der Waals surface area contributed by atoms with Gasteiger partial charge in [0, 0.05) is 30.0 Å². The molecule has 0 saturated carbocycles. The van der Waals surface area contributed by atoms with Crippen LogP contribution < -0.4 is 0 Å². The number of nitrogens with zero attached hydrogens (tertiary/aromatic N) is 1. The fourth-order valence-electron chi connectivity index (χ4n) is 3.98. The second-order valence-corrected chi connectivity index (χ2v) is 8.07. The van der Waals surface area contributed by atoms with Gasteiger partial charge >= 0.3 is 0 Å². The topological polar surface area (TPSA) is 40.5 Å². The van der Waals surface area contributed by atoms with Crippen molar-refractivity contribution in [3.63, 3.8) is 0 Å². The van der Waals surface area contributed by atoms with Gasteiger partial charge in [0.05, 0.1) is 6.61 Å². The Bertz CT molecular complexity index is 767. The quantitative estimate of drug-likeness (QED) is 0.893. The smallest absolute Gasteiger partial charge is 0.253 e. The molecule has 0 aliphatic carbocycles. The molecule has 1 aliphatic heterocycles. The number of rotatable bonds is 4. The van der Waals surface area contributed by atoms with Crippen molar-refractivity contribution < 1.29 is 9.90 Å². The molecule has 1 fully saturated rings. The molecule has 3 rings (SSSR count). The highest BCUT2D eigenvalue weighted by Gasteiger charge is 2.27. The van der Waals surface area contributed by atoms with E-state index < -0.39 is 0 Å². The predicted octanol–water partition coefficient (Wildman–Crippen LogP) is 4.28. The summed E-state index contributed by atoms with van der Waals surface area (Å²) in [6.07, 6.45) is 2.18. The number of hydrogen-bond acceptors (Lipinski definition) is 2. The van der Waals surface area contributed by atoms with Crippen molar-refractivity contribution in [1.29, 1.82) is 0 Å². The average Bonchev–Trinajstić information content (AvgIpc) is 2.68. The van der Waals surface area contributed by atoms with Crippen LogP contribution in [-0.2, 0) is 5.41 Å². The molecule has 3 nitrogen and oxygen atoms in total. The van der Waals surface area contributed by atoms with Crippen LogP contribution in [0.2, 0.25) is 0 Å². The minimum atomic E-state index is -0.296. The molecular weight excluding hydrogens is 322 g/mol. The highest BCUT2D eigenvalue weighted by Crippen LogP contribution is 2.29. The maximum Gasteiger partial charge on any atom is 0.253 e. The van der Waals surface area contributed by atoms with Crippen LogP contribution in [0.5, 0.6) is 0 Å². The first-order valence-corrected chi connectivity index (χ1v) is 9.48. The molecule has 2 aromatic rings.